The molecule has 5 nitrogen and oxygen atoms in total. The minimum Gasteiger partial charge on any atom is -0.508 e. The van der Waals surface area contributed by atoms with E-state index in [-0.39, 0.29) is 11.5 Å². The number of phenolic OH excluding ortho intramolecular Hbond substituents is 2. The van der Waals surface area contributed by atoms with E-state index >= 15 is 0 Å². The average Bonchev–Trinajstić information content (AvgIpc) is 3.01. The molecule has 0 unspecified atom stereocenters. The van der Waals surface area contributed by atoms with Crippen LogP contribution in [0.15, 0.2) is 54.7 Å². The lowest BCUT2D eigenvalue weighted by Gasteiger charge is -2.06. The number of aromatic hydroxyl groups is 2. The number of aromatic amines is 1. The predicted octanol–water partition coefficient (Wildman–Crippen LogP) is 3.46. The van der Waals surface area contributed by atoms with E-state index in [4.69, 9.17) is 0 Å². The normalized spacial score (nSPS) is 11.4. The van der Waals surface area contributed by atoms with Crippen molar-refractivity contribution >= 4 is 21.8 Å². The Morgan fingerprint density at radius 2 is 1.96 bits per heavy atom. The minimum absolute atomic E-state index is 0.206. The fourth-order valence-electron chi connectivity index (χ4n) is 3.08. The molecule has 0 fully saturated rings. The number of nitrogens with one attached hydrogen (secondary N) is 2. The number of rotatable bonds is 5. The van der Waals surface area contributed by atoms with Gasteiger partial charge < -0.3 is 20.5 Å². The van der Waals surface area contributed by atoms with Crippen LogP contribution < -0.4 is 5.32 Å². The third-order valence-electron chi connectivity index (χ3n) is 4.38. The summed E-state index contributed by atoms with van der Waals surface area (Å²) in [4.78, 5) is 7.74. The highest BCUT2D eigenvalue weighted by Crippen LogP contribution is 2.23. The summed E-state index contributed by atoms with van der Waals surface area (Å²) in [5, 5.41) is 24.9. The first-order chi connectivity index (χ1) is 12.2. The molecule has 2 heterocycles. The zero-order valence-electron chi connectivity index (χ0n) is 13.7. The Kier molecular flexibility index (Phi) is 3.99. The van der Waals surface area contributed by atoms with Crippen molar-refractivity contribution in [2.24, 2.45) is 0 Å². The number of aromatic nitrogens is 2. The Morgan fingerprint density at radius 1 is 1.04 bits per heavy atom. The van der Waals surface area contributed by atoms with Crippen LogP contribution in [0.4, 0.5) is 0 Å². The number of fused-ring (bicyclic) bond motifs is 2. The van der Waals surface area contributed by atoms with Crippen molar-refractivity contribution in [1.29, 1.82) is 0 Å². The van der Waals surface area contributed by atoms with Gasteiger partial charge in [-0.05, 0) is 48.9 Å². The number of pyridine rings is 1. The van der Waals surface area contributed by atoms with Crippen molar-refractivity contribution in [3.63, 3.8) is 0 Å². The maximum absolute atomic E-state index is 9.91. The molecule has 0 aliphatic rings. The Labute approximate surface area is 145 Å². The molecule has 0 bridgehead atoms. The van der Waals surface area contributed by atoms with Gasteiger partial charge in [-0.15, -0.1) is 0 Å². The summed E-state index contributed by atoms with van der Waals surface area (Å²) in [6, 6.07) is 14.7. The SMILES string of the molecule is Oc1ccc2[nH]cc(CCNCc3ccc4cccc(O)c4n3)c2c1. The zero-order chi connectivity index (χ0) is 17.2. The smallest absolute Gasteiger partial charge is 0.141 e. The number of para-hydroxylation sites is 1. The van der Waals surface area contributed by atoms with E-state index in [1.165, 1.54) is 5.56 Å². The second-order valence-electron chi connectivity index (χ2n) is 6.12. The molecule has 4 aromatic rings. The number of nitrogens with zero attached hydrogens (tertiary/aromatic N) is 1. The van der Waals surface area contributed by atoms with Gasteiger partial charge in [0.25, 0.3) is 0 Å². The van der Waals surface area contributed by atoms with Crippen LogP contribution in [0.5, 0.6) is 11.5 Å². The molecule has 0 saturated heterocycles. The molecule has 4 rings (SSSR count). The van der Waals surface area contributed by atoms with E-state index in [0.717, 1.165) is 34.9 Å². The van der Waals surface area contributed by atoms with Crippen LogP contribution >= 0.6 is 0 Å². The molecule has 0 amide bonds. The van der Waals surface area contributed by atoms with E-state index in [1.54, 1.807) is 18.2 Å². The van der Waals surface area contributed by atoms with Crippen LogP contribution in [-0.2, 0) is 13.0 Å². The fraction of sp³-hybridized carbons (Fsp3) is 0.150. The summed E-state index contributed by atoms with van der Waals surface area (Å²) < 4.78 is 0. The molecule has 0 radical (unpaired) electrons. The van der Waals surface area contributed by atoms with Crippen LogP contribution in [-0.4, -0.2) is 26.7 Å². The highest BCUT2D eigenvalue weighted by atomic mass is 16.3. The summed E-state index contributed by atoms with van der Waals surface area (Å²) in [7, 11) is 0. The van der Waals surface area contributed by atoms with Crippen molar-refractivity contribution in [2.45, 2.75) is 13.0 Å². The largest absolute Gasteiger partial charge is 0.508 e. The van der Waals surface area contributed by atoms with E-state index in [2.05, 4.69) is 15.3 Å². The van der Waals surface area contributed by atoms with Crippen molar-refractivity contribution in [1.82, 2.24) is 15.3 Å². The number of H-pyrrole nitrogens is 1. The number of hydrogen-bond donors (Lipinski definition) is 4. The van der Waals surface area contributed by atoms with Gasteiger partial charge >= 0.3 is 0 Å². The minimum atomic E-state index is 0.206. The fourth-order valence-corrected chi connectivity index (χ4v) is 3.08. The van der Waals surface area contributed by atoms with Gasteiger partial charge in [-0.3, -0.25) is 0 Å². The lowest BCUT2D eigenvalue weighted by molar-refractivity contribution is 0.476. The third-order valence-corrected chi connectivity index (χ3v) is 4.38. The molecule has 0 aliphatic carbocycles. The molecular formula is C20H19N3O2. The van der Waals surface area contributed by atoms with E-state index < -0.39 is 0 Å². The van der Waals surface area contributed by atoms with E-state index in [9.17, 15) is 10.2 Å². The number of benzene rings is 2. The topological polar surface area (TPSA) is 81.2 Å². The van der Waals surface area contributed by atoms with Gasteiger partial charge in [0.2, 0.25) is 0 Å². The summed E-state index contributed by atoms with van der Waals surface area (Å²) in [5.41, 5.74) is 3.72. The molecule has 25 heavy (non-hydrogen) atoms. The van der Waals surface area contributed by atoms with Crippen molar-refractivity contribution in [3.8, 4) is 11.5 Å². The molecule has 0 aliphatic heterocycles. The summed E-state index contributed by atoms with van der Waals surface area (Å²) >= 11 is 0. The van der Waals surface area contributed by atoms with Gasteiger partial charge in [-0.1, -0.05) is 18.2 Å². The average molecular weight is 333 g/mol. The Morgan fingerprint density at radius 3 is 2.88 bits per heavy atom. The second kappa shape index (κ2) is 6.45. The Bertz CT molecular complexity index is 1040. The van der Waals surface area contributed by atoms with Crippen molar-refractivity contribution in [3.05, 3.63) is 66.0 Å². The van der Waals surface area contributed by atoms with Gasteiger partial charge in [0, 0.05) is 29.0 Å². The lowest BCUT2D eigenvalue weighted by atomic mass is 10.1. The number of hydrogen-bond acceptors (Lipinski definition) is 4. The second-order valence-corrected chi connectivity index (χ2v) is 6.12. The molecule has 0 atom stereocenters. The third kappa shape index (κ3) is 3.14. The molecule has 0 spiro atoms. The summed E-state index contributed by atoms with van der Waals surface area (Å²) in [6.45, 7) is 1.43. The molecule has 0 saturated carbocycles. The van der Waals surface area contributed by atoms with Gasteiger partial charge in [0.1, 0.15) is 17.0 Å². The quantitative estimate of drug-likeness (QED) is 0.422. The maximum atomic E-state index is 9.91. The standard InChI is InChI=1S/C20H19N3O2/c24-16-6-7-18-17(10-16)14(11-22-18)8-9-21-12-15-5-4-13-2-1-3-19(25)20(13)23-15/h1-7,10-11,21-22,24-25H,8-9,12H2. The van der Waals surface area contributed by atoms with Crippen molar-refractivity contribution < 1.29 is 10.2 Å². The highest BCUT2D eigenvalue weighted by molar-refractivity contribution is 5.85. The highest BCUT2D eigenvalue weighted by Gasteiger charge is 2.05. The van der Waals surface area contributed by atoms with Gasteiger partial charge in [0.15, 0.2) is 0 Å². The Hall–Kier alpha value is -3.05. The summed E-state index contributed by atoms with van der Waals surface area (Å²) in [5.74, 6) is 0.486. The van der Waals surface area contributed by atoms with Crippen molar-refractivity contribution in [2.75, 3.05) is 6.54 Å². The van der Waals surface area contributed by atoms with E-state index in [1.807, 2.05) is 36.5 Å². The van der Waals surface area contributed by atoms with Crippen LogP contribution in [0.2, 0.25) is 0 Å². The Balaban J connectivity index is 1.40. The molecular weight excluding hydrogens is 314 g/mol. The maximum Gasteiger partial charge on any atom is 0.141 e. The first kappa shape index (κ1) is 15.5. The van der Waals surface area contributed by atoms with Crippen LogP contribution in [0.25, 0.3) is 21.8 Å². The first-order valence-corrected chi connectivity index (χ1v) is 8.28. The van der Waals surface area contributed by atoms with Crippen LogP contribution in [0.1, 0.15) is 11.3 Å². The zero-order valence-corrected chi connectivity index (χ0v) is 13.7. The van der Waals surface area contributed by atoms with Gasteiger partial charge in [-0.2, -0.15) is 0 Å². The monoisotopic (exact) mass is 333 g/mol. The number of phenols is 2. The lowest BCUT2D eigenvalue weighted by Crippen LogP contribution is -2.17. The summed E-state index contributed by atoms with van der Waals surface area (Å²) in [6.07, 6.45) is 2.83. The first-order valence-electron chi connectivity index (χ1n) is 8.28. The van der Waals surface area contributed by atoms with Crippen LogP contribution in [0.3, 0.4) is 0 Å². The van der Waals surface area contributed by atoms with E-state index in [0.29, 0.717) is 12.1 Å². The predicted molar refractivity (Wildman–Crippen MR) is 98.8 cm³/mol. The molecule has 2 aromatic heterocycles. The molecule has 5 heteroatoms. The van der Waals surface area contributed by atoms with Gasteiger partial charge in [-0.25, -0.2) is 4.98 Å². The van der Waals surface area contributed by atoms with Gasteiger partial charge in [0.05, 0.1) is 5.69 Å². The molecule has 2 aromatic carbocycles. The molecule has 126 valence electrons. The van der Waals surface area contributed by atoms with Crippen LogP contribution in [0, 0.1) is 0 Å². The molecule has 4 N–H and O–H groups in total.